The molecule has 0 atom stereocenters. The number of imidazole rings is 1. The van der Waals surface area contributed by atoms with Gasteiger partial charge in [0, 0.05) is 7.05 Å². The Hall–Kier alpha value is -2.39. The summed E-state index contributed by atoms with van der Waals surface area (Å²) in [6.07, 6.45) is 2.73. The van der Waals surface area contributed by atoms with Crippen LogP contribution in [0.25, 0.3) is 11.2 Å². The molecule has 2 heterocycles. The monoisotopic (exact) mass is 366 g/mol. The normalized spacial score (nSPS) is 11.6. The average molecular weight is 367 g/mol. The predicted octanol–water partition coefficient (Wildman–Crippen LogP) is 1.94. The SMILES string of the molecule is CNc1nc(Cl)nc2c1ncn2Cc1ccccc1NS(C)(=O)=O. The molecule has 8 nitrogen and oxygen atoms in total. The fraction of sp³-hybridized carbons (Fsp3) is 0.214. The number of benzene rings is 1. The maximum atomic E-state index is 11.5. The Balaban J connectivity index is 2.04. The van der Waals surface area contributed by atoms with Gasteiger partial charge < -0.3 is 9.88 Å². The Labute approximate surface area is 144 Å². The van der Waals surface area contributed by atoms with Gasteiger partial charge in [-0.3, -0.25) is 4.72 Å². The summed E-state index contributed by atoms with van der Waals surface area (Å²) in [6, 6.07) is 7.14. The summed E-state index contributed by atoms with van der Waals surface area (Å²) in [5.41, 5.74) is 2.45. The van der Waals surface area contributed by atoms with Crippen molar-refractivity contribution in [3.05, 3.63) is 41.4 Å². The van der Waals surface area contributed by atoms with Crippen LogP contribution < -0.4 is 10.0 Å². The Morgan fingerprint density at radius 3 is 2.71 bits per heavy atom. The van der Waals surface area contributed by atoms with Gasteiger partial charge in [0.05, 0.1) is 24.8 Å². The molecule has 0 saturated carbocycles. The molecule has 0 radical (unpaired) electrons. The molecule has 0 fully saturated rings. The minimum absolute atomic E-state index is 0.108. The summed E-state index contributed by atoms with van der Waals surface area (Å²) in [4.78, 5) is 12.6. The van der Waals surface area contributed by atoms with E-state index < -0.39 is 10.0 Å². The van der Waals surface area contributed by atoms with Crippen molar-refractivity contribution in [2.75, 3.05) is 23.3 Å². The number of para-hydroxylation sites is 1. The highest BCUT2D eigenvalue weighted by Crippen LogP contribution is 2.23. The first kappa shape index (κ1) is 16.5. The molecule has 10 heteroatoms. The first-order chi connectivity index (χ1) is 11.4. The number of sulfonamides is 1. The van der Waals surface area contributed by atoms with E-state index in [1.807, 2.05) is 12.1 Å². The molecular weight excluding hydrogens is 352 g/mol. The van der Waals surface area contributed by atoms with Crippen molar-refractivity contribution in [2.24, 2.45) is 0 Å². The number of aromatic nitrogens is 4. The number of nitrogens with zero attached hydrogens (tertiary/aromatic N) is 4. The second kappa shape index (κ2) is 6.25. The van der Waals surface area contributed by atoms with Crippen molar-refractivity contribution in [1.29, 1.82) is 0 Å². The van der Waals surface area contributed by atoms with Gasteiger partial charge in [-0.15, -0.1) is 0 Å². The van der Waals surface area contributed by atoms with Crippen molar-refractivity contribution in [1.82, 2.24) is 19.5 Å². The lowest BCUT2D eigenvalue weighted by molar-refractivity contribution is 0.606. The summed E-state index contributed by atoms with van der Waals surface area (Å²) in [5, 5.41) is 3.03. The summed E-state index contributed by atoms with van der Waals surface area (Å²) in [6.45, 7) is 0.381. The molecule has 126 valence electrons. The zero-order valence-electron chi connectivity index (χ0n) is 13.0. The third-order valence-electron chi connectivity index (χ3n) is 3.33. The highest BCUT2D eigenvalue weighted by Gasteiger charge is 2.14. The minimum atomic E-state index is -3.37. The van der Waals surface area contributed by atoms with Gasteiger partial charge in [0.15, 0.2) is 17.0 Å². The van der Waals surface area contributed by atoms with Crippen LogP contribution in [-0.2, 0) is 16.6 Å². The van der Waals surface area contributed by atoms with E-state index in [2.05, 4.69) is 25.0 Å². The molecule has 0 aliphatic heterocycles. The smallest absolute Gasteiger partial charge is 0.229 e. The largest absolute Gasteiger partial charge is 0.371 e. The molecule has 0 spiro atoms. The molecule has 2 aromatic heterocycles. The van der Waals surface area contributed by atoms with Crippen molar-refractivity contribution in [3.8, 4) is 0 Å². The Morgan fingerprint density at radius 1 is 1.25 bits per heavy atom. The fourth-order valence-corrected chi connectivity index (χ4v) is 3.11. The van der Waals surface area contributed by atoms with Crippen LogP contribution in [-0.4, -0.2) is 41.2 Å². The van der Waals surface area contributed by atoms with E-state index in [1.165, 1.54) is 0 Å². The quantitative estimate of drug-likeness (QED) is 0.669. The highest BCUT2D eigenvalue weighted by atomic mass is 35.5. The van der Waals surface area contributed by atoms with Crippen LogP contribution in [0.2, 0.25) is 5.28 Å². The summed E-state index contributed by atoms with van der Waals surface area (Å²) in [5.74, 6) is 0.534. The number of hydrogen-bond acceptors (Lipinski definition) is 6. The Bertz CT molecular complexity index is 1000. The Morgan fingerprint density at radius 2 is 2.00 bits per heavy atom. The first-order valence-electron chi connectivity index (χ1n) is 6.99. The molecular formula is C14H15ClN6O2S. The second-order valence-corrected chi connectivity index (χ2v) is 7.25. The van der Waals surface area contributed by atoms with Crippen LogP contribution in [0.5, 0.6) is 0 Å². The van der Waals surface area contributed by atoms with Gasteiger partial charge >= 0.3 is 0 Å². The number of halogens is 1. The maximum absolute atomic E-state index is 11.5. The minimum Gasteiger partial charge on any atom is -0.371 e. The van der Waals surface area contributed by atoms with Crippen LogP contribution in [0.3, 0.4) is 0 Å². The molecule has 3 aromatic rings. The third-order valence-corrected chi connectivity index (χ3v) is 4.09. The van der Waals surface area contributed by atoms with E-state index >= 15 is 0 Å². The number of anilines is 2. The van der Waals surface area contributed by atoms with E-state index in [1.54, 1.807) is 30.1 Å². The van der Waals surface area contributed by atoms with Gasteiger partial charge in [-0.05, 0) is 23.2 Å². The summed E-state index contributed by atoms with van der Waals surface area (Å²) < 4.78 is 27.3. The van der Waals surface area contributed by atoms with E-state index in [0.717, 1.165) is 11.8 Å². The maximum Gasteiger partial charge on any atom is 0.229 e. The van der Waals surface area contributed by atoms with Crippen molar-refractivity contribution >= 4 is 44.3 Å². The lowest BCUT2D eigenvalue weighted by atomic mass is 10.2. The van der Waals surface area contributed by atoms with Crippen molar-refractivity contribution < 1.29 is 8.42 Å². The zero-order valence-corrected chi connectivity index (χ0v) is 14.6. The van der Waals surface area contributed by atoms with Crippen LogP contribution >= 0.6 is 11.6 Å². The molecule has 0 aliphatic rings. The lowest BCUT2D eigenvalue weighted by Gasteiger charge is -2.11. The topological polar surface area (TPSA) is 102 Å². The van der Waals surface area contributed by atoms with E-state index in [-0.39, 0.29) is 5.28 Å². The molecule has 0 unspecified atom stereocenters. The molecule has 1 aromatic carbocycles. The number of nitrogens with one attached hydrogen (secondary N) is 2. The van der Waals surface area contributed by atoms with Gasteiger partial charge in [0.1, 0.15) is 0 Å². The number of hydrogen-bond donors (Lipinski definition) is 2. The summed E-state index contributed by atoms with van der Waals surface area (Å²) >= 11 is 5.96. The molecule has 0 amide bonds. The molecule has 3 rings (SSSR count). The van der Waals surface area contributed by atoms with Crippen molar-refractivity contribution in [3.63, 3.8) is 0 Å². The van der Waals surface area contributed by atoms with Crippen LogP contribution in [0.4, 0.5) is 11.5 Å². The Kier molecular flexibility index (Phi) is 4.29. The van der Waals surface area contributed by atoms with Crippen LogP contribution in [0.15, 0.2) is 30.6 Å². The zero-order chi connectivity index (χ0) is 17.3. The first-order valence-corrected chi connectivity index (χ1v) is 9.26. The van der Waals surface area contributed by atoms with E-state index in [9.17, 15) is 8.42 Å². The van der Waals surface area contributed by atoms with Gasteiger partial charge in [-0.2, -0.15) is 9.97 Å². The lowest BCUT2D eigenvalue weighted by Crippen LogP contribution is -2.12. The predicted molar refractivity (Wildman–Crippen MR) is 93.9 cm³/mol. The fourth-order valence-electron chi connectivity index (χ4n) is 2.35. The molecule has 24 heavy (non-hydrogen) atoms. The van der Waals surface area contributed by atoms with Gasteiger partial charge in [-0.25, -0.2) is 13.4 Å². The highest BCUT2D eigenvalue weighted by molar-refractivity contribution is 7.92. The van der Waals surface area contributed by atoms with Crippen LogP contribution in [0, 0.1) is 0 Å². The van der Waals surface area contributed by atoms with Gasteiger partial charge in [-0.1, -0.05) is 18.2 Å². The summed E-state index contributed by atoms with van der Waals surface area (Å²) in [7, 11) is -1.65. The van der Waals surface area contributed by atoms with Gasteiger partial charge in [0.25, 0.3) is 0 Å². The van der Waals surface area contributed by atoms with Crippen LogP contribution in [0.1, 0.15) is 5.56 Å². The van der Waals surface area contributed by atoms with E-state index in [4.69, 9.17) is 11.6 Å². The van der Waals surface area contributed by atoms with E-state index in [0.29, 0.717) is 29.2 Å². The number of fused-ring (bicyclic) bond motifs is 1. The molecule has 0 bridgehead atoms. The standard InChI is InChI=1S/C14H15ClN6O2S/c1-16-12-11-13(19-14(15)18-12)21(8-17-11)7-9-5-3-4-6-10(9)20-24(2,22)23/h3-6,8,20H,7H2,1-2H3,(H,16,18,19). The second-order valence-electron chi connectivity index (χ2n) is 5.17. The number of rotatable bonds is 5. The average Bonchev–Trinajstić information content (AvgIpc) is 2.90. The molecule has 0 aliphatic carbocycles. The molecule has 2 N–H and O–H groups in total. The van der Waals surface area contributed by atoms with Gasteiger partial charge in [0.2, 0.25) is 15.3 Å². The van der Waals surface area contributed by atoms with Crippen molar-refractivity contribution in [2.45, 2.75) is 6.54 Å². The molecule has 0 saturated heterocycles. The third kappa shape index (κ3) is 3.41.